The lowest BCUT2D eigenvalue weighted by Crippen LogP contribution is -2.41. The molecule has 24 heavy (non-hydrogen) atoms. The molecule has 0 aromatic carbocycles. The smallest absolute Gasteiger partial charge is 0.253 e. The van der Waals surface area contributed by atoms with E-state index in [9.17, 15) is 4.79 Å². The Labute approximate surface area is 143 Å². The lowest BCUT2D eigenvalue weighted by atomic mass is 9.88. The van der Waals surface area contributed by atoms with Crippen molar-refractivity contribution in [3.05, 3.63) is 53.6 Å². The summed E-state index contributed by atoms with van der Waals surface area (Å²) in [5, 5.41) is 3.00. The Kier molecular flexibility index (Phi) is 5.54. The third-order valence-electron chi connectivity index (χ3n) is 3.99. The Hall–Kier alpha value is -2.43. The second-order valence-corrected chi connectivity index (χ2v) is 7.02. The molecule has 2 aromatic rings. The average Bonchev–Trinajstić information content (AvgIpc) is 2.52. The van der Waals surface area contributed by atoms with Crippen molar-refractivity contribution in [3.63, 3.8) is 0 Å². The standard InChI is InChI=1S/C19H25N3O2/c1-13-10-17(8-9-20-13)24-12-16-7-6-15(11-21-16)18(23)22-14(2)19(3,4)5/h6-11,14H,12H2,1-5H3,(H,22,23)/t14-/m1/s1. The van der Waals surface area contributed by atoms with Crippen LogP contribution in [0.25, 0.3) is 0 Å². The molecule has 2 heterocycles. The maximum Gasteiger partial charge on any atom is 0.253 e. The van der Waals surface area contributed by atoms with E-state index in [4.69, 9.17) is 4.74 Å². The van der Waals surface area contributed by atoms with Crippen molar-refractivity contribution in [2.45, 2.75) is 47.3 Å². The summed E-state index contributed by atoms with van der Waals surface area (Å²) >= 11 is 0. The van der Waals surface area contributed by atoms with E-state index in [-0.39, 0.29) is 17.4 Å². The summed E-state index contributed by atoms with van der Waals surface area (Å²) in [5.74, 6) is 0.646. The fraction of sp³-hybridized carbons (Fsp3) is 0.421. The van der Waals surface area contributed by atoms with Crippen LogP contribution in [0.3, 0.4) is 0 Å². The Balaban J connectivity index is 1.94. The van der Waals surface area contributed by atoms with Crippen molar-refractivity contribution in [2.75, 3.05) is 0 Å². The highest BCUT2D eigenvalue weighted by atomic mass is 16.5. The number of amides is 1. The third-order valence-corrected chi connectivity index (χ3v) is 3.99. The first-order valence-electron chi connectivity index (χ1n) is 8.07. The molecule has 1 amide bonds. The number of pyridine rings is 2. The molecule has 0 aliphatic heterocycles. The first kappa shape index (κ1) is 17.9. The molecule has 5 heteroatoms. The number of nitrogens with zero attached hydrogens (tertiary/aromatic N) is 2. The maximum atomic E-state index is 12.2. The van der Waals surface area contributed by atoms with Gasteiger partial charge in [-0.15, -0.1) is 0 Å². The number of ether oxygens (including phenoxy) is 1. The zero-order valence-electron chi connectivity index (χ0n) is 15.0. The second kappa shape index (κ2) is 7.43. The quantitative estimate of drug-likeness (QED) is 0.912. The monoisotopic (exact) mass is 327 g/mol. The van der Waals surface area contributed by atoms with Gasteiger partial charge < -0.3 is 10.1 Å². The predicted molar refractivity (Wildman–Crippen MR) is 93.9 cm³/mol. The maximum absolute atomic E-state index is 12.2. The summed E-state index contributed by atoms with van der Waals surface area (Å²) < 4.78 is 5.68. The summed E-state index contributed by atoms with van der Waals surface area (Å²) in [5.41, 5.74) is 2.24. The average molecular weight is 327 g/mol. The van der Waals surface area contributed by atoms with Crippen LogP contribution in [0.4, 0.5) is 0 Å². The van der Waals surface area contributed by atoms with Gasteiger partial charge >= 0.3 is 0 Å². The van der Waals surface area contributed by atoms with Gasteiger partial charge in [0.15, 0.2) is 0 Å². The molecular formula is C19H25N3O2. The molecule has 0 bridgehead atoms. The summed E-state index contributed by atoms with van der Waals surface area (Å²) in [7, 11) is 0. The van der Waals surface area contributed by atoms with E-state index in [1.165, 1.54) is 0 Å². The second-order valence-electron chi connectivity index (χ2n) is 7.02. The number of hydrogen-bond acceptors (Lipinski definition) is 4. The van der Waals surface area contributed by atoms with Crippen molar-refractivity contribution in [1.82, 2.24) is 15.3 Å². The molecule has 1 atom stereocenters. The normalized spacial score (nSPS) is 12.5. The molecule has 0 unspecified atom stereocenters. The topological polar surface area (TPSA) is 64.1 Å². The molecule has 0 spiro atoms. The summed E-state index contributed by atoms with van der Waals surface area (Å²) in [6, 6.07) is 7.33. The van der Waals surface area contributed by atoms with E-state index in [0.717, 1.165) is 17.1 Å². The van der Waals surface area contributed by atoms with Crippen LogP contribution < -0.4 is 10.1 Å². The largest absolute Gasteiger partial charge is 0.487 e. The molecule has 0 saturated carbocycles. The lowest BCUT2D eigenvalue weighted by molar-refractivity contribution is 0.0909. The highest BCUT2D eigenvalue weighted by Crippen LogP contribution is 2.19. The number of nitrogens with one attached hydrogen (secondary N) is 1. The van der Waals surface area contributed by atoms with Crippen molar-refractivity contribution in [1.29, 1.82) is 0 Å². The molecule has 0 radical (unpaired) electrons. The van der Waals surface area contributed by atoms with E-state index < -0.39 is 0 Å². The van der Waals surface area contributed by atoms with Crippen molar-refractivity contribution in [2.24, 2.45) is 5.41 Å². The number of rotatable bonds is 5. The molecule has 0 fully saturated rings. The molecule has 0 aliphatic rings. The predicted octanol–water partition coefficient (Wildman–Crippen LogP) is 3.53. The van der Waals surface area contributed by atoms with Gasteiger partial charge in [-0.25, -0.2) is 0 Å². The van der Waals surface area contributed by atoms with Crippen LogP contribution in [0, 0.1) is 12.3 Å². The van der Waals surface area contributed by atoms with Crippen molar-refractivity contribution < 1.29 is 9.53 Å². The molecule has 0 saturated heterocycles. The van der Waals surface area contributed by atoms with Crippen LogP contribution in [0.1, 0.15) is 49.4 Å². The molecule has 2 aromatic heterocycles. The molecular weight excluding hydrogens is 302 g/mol. The van der Waals surface area contributed by atoms with Gasteiger partial charge in [0.2, 0.25) is 0 Å². The minimum atomic E-state index is -0.109. The Morgan fingerprint density at radius 2 is 2.00 bits per heavy atom. The minimum absolute atomic E-state index is 0.0134. The third kappa shape index (κ3) is 5.05. The highest BCUT2D eigenvalue weighted by Gasteiger charge is 2.22. The fourth-order valence-corrected chi connectivity index (χ4v) is 1.91. The number of carbonyl (C=O) groups excluding carboxylic acids is 1. The van der Waals surface area contributed by atoms with E-state index in [0.29, 0.717) is 12.2 Å². The van der Waals surface area contributed by atoms with Crippen molar-refractivity contribution in [3.8, 4) is 5.75 Å². The van der Waals surface area contributed by atoms with Crippen LogP contribution in [-0.2, 0) is 6.61 Å². The van der Waals surface area contributed by atoms with E-state index in [1.54, 1.807) is 18.5 Å². The first-order valence-corrected chi connectivity index (χ1v) is 8.07. The minimum Gasteiger partial charge on any atom is -0.487 e. The number of aryl methyl sites for hydroxylation is 1. The van der Waals surface area contributed by atoms with Crippen LogP contribution in [0.15, 0.2) is 36.7 Å². The summed E-state index contributed by atoms with van der Waals surface area (Å²) in [4.78, 5) is 20.7. The van der Waals surface area contributed by atoms with Crippen LogP contribution in [-0.4, -0.2) is 21.9 Å². The number of carbonyl (C=O) groups is 1. The Morgan fingerprint density at radius 1 is 1.25 bits per heavy atom. The number of hydrogen-bond donors (Lipinski definition) is 1. The van der Waals surface area contributed by atoms with Gasteiger partial charge in [-0.3, -0.25) is 14.8 Å². The zero-order valence-corrected chi connectivity index (χ0v) is 15.0. The Bertz CT molecular complexity index is 691. The van der Waals surface area contributed by atoms with Crippen LogP contribution >= 0.6 is 0 Å². The van der Waals surface area contributed by atoms with Crippen LogP contribution in [0.5, 0.6) is 5.75 Å². The Morgan fingerprint density at radius 3 is 2.58 bits per heavy atom. The van der Waals surface area contributed by atoms with Crippen molar-refractivity contribution >= 4 is 5.91 Å². The van der Waals surface area contributed by atoms with Gasteiger partial charge in [0.1, 0.15) is 12.4 Å². The van der Waals surface area contributed by atoms with E-state index >= 15 is 0 Å². The first-order chi connectivity index (χ1) is 11.3. The number of aromatic nitrogens is 2. The molecule has 128 valence electrons. The SMILES string of the molecule is Cc1cc(OCc2ccc(C(=O)N[C@H](C)C(C)(C)C)cn2)ccn1. The zero-order chi connectivity index (χ0) is 17.7. The van der Waals surface area contributed by atoms with Gasteiger partial charge in [0.25, 0.3) is 5.91 Å². The van der Waals surface area contributed by atoms with E-state index in [2.05, 4.69) is 36.1 Å². The van der Waals surface area contributed by atoms with Gasteiger partial charge in [0.05, 0.1) is 11.3 Å². The molecule has 0 aliphatic carbocycles. The van der Waals surface area contributed by atoms with Gasteiger partial charge in [-0.1, -0.05) is 20.8 Å². The molecule has 5 nitrogen and oxygen atoms in total. The van der Waals surface area contributed by atoms with Gasteiger partial charge in [0, 0.05) is 30.2 Å². The van der Waals surface area contributed by atoms with Gasteiger partial charge in [-0.2, -0.15) is 0 Å². The summed E-state index contributed by atoms with van der Waals surface area (Å²) in [6.45, 7) is 10.6. The fourth-order valence-electron chi connectivity index (χ4n) is 1.91. The lowest BCUT2D eigenvalue weighted by Gasteiger charge is -2.28. The van der Waals surface area contributed by atoms with Gasteiger partial charge in [-0.05, 0) is 37.5 Å². The van der Waals surface area contributed by atoms with Crippen LogP contribution in [0.2, 0.25) is 0 Å². The summed E-state index contributed by atoms with van der Waals surface area (Å²) in [6.07, 6.45) is 3.29. The molecule has 1 N–H and O–H groups in total. The van der Waals surface area contributed by atoms with E-state index in [1.807, 2.05) is 32.0 Å². The highest BCUT2D eigenvalue weighted by molar-refractivity contribution is 5.94. The molecule has 2 rings (SSSR count).